The van der Waals surface area contributed by atoms with Crippen molar-refractivity contribution in [2.45, 2.75) is 315 Å². The fourth-order valence-electron chi connectivity index (χ4n) is 9.68. The third kappa shape index (κ3) is 69.4. The molecule has 2 unspecified atom stereocenters. The molecule has 0 radical (unpaired) electrons. The molecule has 10 heteroatoms. The first-order valence-electron chi connectivity index (χ1n) is 35.0. The maximum Gasteiger partial charge on any atom is 0.472 e. The molecular formula is C75H130NO8P. The zero-order chi connectivity index (χ0) is 61.6. The van der Waals surface area contributed by atoms with E-state index in [2.05, 4.69) is 135 Å². The molecule has 0 rings (SSSR count). The summed E-state index contributed by atoms with van der Waals surface area (Å²) in [7, 11) is -4.41. The summed E-state index contributed by atoms with van der Waals surface area (Å²) in [6, 6.07) is 0. The number of nitrogens with two attached hydrogens (primary N) is 1. The van der Waals surface area contributed by atoms with Crippen molar-refractivity contribution in [3.63, 3.8) is 0 Å². The zero-order valence-corrected chi connectivity index (χ0v) is 55.7. The second-order valence-corrected chi connectivity index (χ2v) is 24.5. The highest BCUT2D eigenvalue weighted by Crippen LogP contribution is 2.43. The first-order chi connectivity index (χ1) is 41.8. The smallest absolute Gasteiger partial charge is 0.462 e. The standard InChI is InChI=1S/C75H130NO8P/c1-3-5-7-9-11-13-15-17-19-21-23-25-27-29-30-31-32-33-34-35-36-37-38-39-40-41-42-44-45-47-49-51-53-55-57-59-61-63-65-67-74(77)81-71-73(72-83-85(79,80)82-70-69-76)84-75(78)68-66-64-62-60-58-56-54-52-50-48-46-43-28-26-24-22-20-18-16-14-12-10-8-6-4-2/h6,8,12,14-15,17-18,20-21,23-24,26-27,29,43,46,50,52,56,58,73H,3-5,7,9-11,13,16,19,22,25,28,30-42,44-45,47-49,51,53-55,57,59-72,76H2,1-2H3,(H,79,80)/b8-6-,14-12-,17-15-,20-18-,23-21-,26-24-,29-27-,46-43-,52-50-,58-56-. The summed E-state index contributed by atoms with van der Waals surface area (Å²) in [6.45, 7) is 3.60. The first-order valence-corrected chi connectivity index (χ1v) is 36.5. The highest BCUT2D eigenvalue weighted by molar-refractivity contribution is 7.47. The second-order valence-electron chi connectivity index (χ2n) is 23.0. The Balaban J connectivity index is 3.88. The summed E-state index contributed by atoms with van der Waals surface area (Å²) in [6.07, 6.45) is 97.3. The van der Waals surface area contributed by atoms with Crippen molar-refractivity contribution in [2.75, 3.05) is 26.4 Å². The molecule has 0 amide bonds. The lowest BCUT2D eigenvalue weighted by Gasteiger charge is -2.19. The molecule has 0 bridgehead atoms. The molecule has 0 aliphatic heterocycles. The topological polar surface area (TPSA) is 134 Å². The molecular weight excluding hydrogens is 1070 g/mol. The van der Waals surface area contributed by atoms with Crippen LogP contribution >= 0.6 is 7.82 Å². The number of esters is 2. The lowest BCUT2D eigenvalue weighted by Crippen LogP contribution is -2.29. The molecule has 0 aromatic carbocycles. The molecule has 9 nitrogen and oxygen atoms in total. The second kappa shape index (κ2) is 69.5. The summed E-state index contributed by atoms with van der Waals surface area (Å²) < 4.78 is 33.1. The van der Waals surface area contributed by atoms with Gasteiger partial charge in [-0.3, -0.25) is 18.6 Å². The Morgan fingerprint density at radius 3 is 0.976 bits per heavy atom. The van der Waals surface area contributed by atoms with Gasteiger partial charge in [-0.25, -0.2) is 4.57 Å². The van der Waals surface area contributed by atoms with E-state index in [0.717, 1.165) is 96.3 Å². The normalized spacial score (nSPS) is 13.7. The van der Waals surface area contributed by atoms with Gasteiger partial charge in [0.2, 0.25) is 0 Å². The fourth-order valence-corrected chi connectivity index (χ4v) is 10.5. The van der Waals surface area contributed by atoms with Crippen molar-refractivity contribution in [1.29, 1.82) is 0 Å². The lowest BCUT2D eigenvalue weighted by molar-refractivity contribution is -0.161. The van der Waals surface area contributed by atoms with Gasteiger partial charge in [-0.05, 0) is 109 Å². The minimum absolute atomic E-state index is 0.0428. The van der Waals surface area contributed by atoms with Crippen molar-refractivity contribution in [2.24, 2.45) is 5.73 Å². The number of ether oxygens (including phenoxy) is 2. The number of phosphoric acid groups is 1. The molecule has 85 heavy (non-hydrogen) atoms. The van der Waals surface area contributed by atoms with Crippen molar-refractivity contribution in [1.82, 2.24) is 0 Å². The first kappa shape index (κ1) is 81.4. The maximum atomic E-state index is 12.7. The Hall–Kier alpha value is -3.59. The van der Waals surface area contributed by atoms with Crippen molar-refractivity contribution >= 4 is 19.8 Å². The van der Waals surface area contributed by atoms with Crippen LogP contribution in [0.5, 0.6) is 0 Å². The Morgan fingerprint density at radius 1 is 0.365 bits per heavy atom. The van der Waals surface area contributed by atoms with Gasteiger partial charge in [0.05, 0.1) is 13.2 Å². The third-order valence-corrected chi connectivity index (χ3v) is 15.8. The Bertz CT molecular complexity index is 1810. The van der Waals surface area contributed by atoms with E-state index in [1.165, 1.54) is 180 Å². The predicted molar refractivity (Wildman–Crippen MR) is 367 cm³/mol. The number of allylic oxidation sites excluding steroid dienone is 20. The van der Waals surface area contributed by atoms with Crippen molar-refractivity contribution < 1.29 is 37.6 Å². The van der Waals surface area contributed by atoms with Crippen LogP contribution in [0.4, 0.5) is 0 Å². The van der Waals surface area contributed by atoms with E-state index >= 15 is 0 Å². The summed E-state index contributed by atoms with van der Waals surface area (Å²) in [5, 5.41) is 0. The summed E-state index contributed by atoms with van der Waals surface area (Å²) in [5.41, 5.74) is 5.39. The molecule has 0 fully saturated rings. The zero-order valence-electron chi connectivity index (χ0n) is 54.8. The molecule has 0 heterocycles. The lowest BCUT2D eigenvalue weighted by atomic mass is 10.0. The van der Waals surface area contributed by atoms with Gasteiger partial charge in [0, 0.05) is 19.4 Å². The van der Waals surface area contributed by atoms with Gasteiger partial charge in [-0.1, -0.05) is 309 Å². The van der Waals surface area contributed by atoms with Crippen LogP contribution in [0.3, 0.4) is 0 Å². The maximum absolute atomic E-state index is 12.7. The van der Waals surface area contributed by atoms with Gasteiger partial charge in [0.25, 0.3) is 0 Å². The Morgan fingerprint density at radius 2 is 0.647 bits per heavy atom. The molecule has 0 aromatic heterocycles. The largest absolute Gasteiger partial charge is 0.472 e. The van der Waals surface area contributed by atoms with Gasteiger partial charge in [0.1, 0.15) is 6.61 Å². The highest BCUT2D eigenvalue weighted by atomic mass is 31.2. The predicted octanol–water partition coefficient (Wildman–Crippen LogP) is 23.1. The van der Waals surface area contributed by atoms with Crippen molar-refractivity contribution in [3.8, 4) is 0 Å². The molecule has 0 aliphatic rings. The van der Waals surface area contributed by atoms with E-state index in [4.69, 9.17) is 24.3 Å². The number of carbonyl (C=O) groups is 2. The van der Waals surface area contributed by atoms with Gasteiger partial charge < -0.3 is 20.1 Å². The van der Waals surface area contributed by atoms with Crippen LogP contribution < -0.4 is 5.73 Å². The SMILES string of the molecule is CC/C=C\C/C=C\C/C=C\C/C=C\C/C=C\C/C=C\C/C=C\CCCCCC(=O)OC(COC(=O)CCCCCCCCCCCCCCCCCCCCCCCCCC/C=C\C/C=C\C/C=C\CCCCCCC)COP(=O)(O)OCCN. The highest BCUT2D eigenvalue weighted by Gasteiger charge is 2.26. The number of rotatable bonds is 65. The molecule has 0 aromatic rings. The van der Waals surface area contributed by atoms with Gasteiger partial charge in [-0.15, -0.1) is 0 Å². The average Bonchev–Trinajstić information content (AvgIpc) is 3.52. The Kier molecular flexibility index (Phi) is 66.6. The van der Waals surface area contributed by atoms with E-state index < -0.39 is 26.5 Å². The number of phosphoric ester groups is 1. The number of carbonyl (C=O) groups excluding carboxylic acids is 2. The number of unbranched alkanes of at least 4 members (excludes halogenated alkanes) is 32. The van der Waals surface area contributed by atoms with E-state index in [0.29, 0.717) is 6.42 Å². The van der Waals surface area contributed by atoms with Gasteiger partial charge in [-0.2, -0.15) is 0 Å². The molecule has 0 aliphatic carbocycles. The molecule has 0 spiro atoms. The van der Waals surface area contributed by atoms with Gasteiger partial charge >= 0.3 is 19.8 Å². The number of hydrogen-bond acceptors (Lipinski definition) is 8. The van der Waals surface area contributed by atoms with Crippen LogP contribution in [0.25, 0.3) is 0 Å². The third-order valence-electron chi connectivity index (χ3n) is 14.8. The number of hydrogen-bond donors (Lipinski definition) is 2. The van der Waals surface area contributed by atoms with E-state index in [-0.39, 0.29) is 38.6 Å². The average molecular weight is 1200 g/mol. The van der Waals surface area contributed by atoms with Crippen LogP contribution in [0.2, 0.25) is 0 Å². The molecule has 488 valence electrons. The molecule has 0 saturated heterocycles. The molecule has 2 atom stereocenters. The minimum atomic E-state index is -4.41. The van der Waals surface area contributed by atoms with Crippen LogP contribution in [-0.2, 0) is 32.7 Å². The summed E-state index contributed by atoms with van der Waals surface area (Å²) >= 11 is 0. The van der Waals surface area contributed by atoms with Crippen molar-refractivity contribution in [3.05, 3.63) is 122 Å². The van der Waals surface area contributed by atoms with Crippen LogP contribution in [0, 0.1) is 0 Å². The molecule has 0 saturated carbocycles. The summed E-state index contributed by atoms with van der Waals surface area (Å²) in [4.78, 5) is 35.3. The minimum Gasteiger partial charge on any atom is -0.462 e. The van der Waals surface area contributed by atoms with Crippen LogP contribution in [-0.4, -0.2) is 49.3 Å². The fraction of sp³-hybridized carbons (Fsp3) is 0.707. The Labute approximate surface area is 523 Å². The van der Waals surface area contributed by atoms with E-state index in [1.54, 1.807) is 0 Å². The van der Waals surface area contributed by atoms with Crippen LogP contribution in [0.1, 0.15) is 309 Å². The van der Waals surface area contributed by atoms with Gasteiger partial charge in [0.15, 0.2) is 6.10 Å². The monoisotopic (exact) mass is 1200 g/mol. The van der Waals surface area contributed by atoms with Crippen LogP contribution in [0.15, 0.2) is 122 Å². The van der Waals surface area contributed by atoms with E-state index in [1.807, 2.05) is 0 Å². The summed E-state index contributed by atoms with van der Waals surface area (Å²) in [5.74, 6) is -0.863. The quantitative estimate of drug-likeness (QED) is 0.0264. The van der Waals surface area contributed by atoms with E-state index in [9.17, 15) is 19.0 Å². The molecule has 3 N–H and O–H groups in total.